The Kier molecular flexibility index (Phi) is 5.24. The molecule has 0 spiro atoms. The number of hydrogen-bond acceptors (Lipinski definition) is 4. The zero-order valence-electron chi connectivity index (χ0n) is 13.8. The highest BCUT2D eigenvalue weighted by molar-refractivity contribution is 5.76. The predicted octanol–water partition coefficient (Wildman–Crippen LogP) is 3.61. The Morgan fingerprint density at radius 1 is 1.31 bits per heavy atom. The van der Waals surface area contributed by atoms with Crippen molar-refractivity contribution in [3.05, 3.63) is 36.0 Å². The molecule has 26 heavy (non-hydrogen) atoms. The molecule has 2 heterocycles. The Balaban J connectivity index is 1.63. The van der Waals surface area contributed by atoms with Gasteiger partial charge in [0, 0.05) is 19.5 Å². The van der Waals surface area contributed by atoms with Crippen LogP contribution in [0.2, 0.25) is 0 Å². The minimum atomic E-state index is -4.51. The number of likely N-dealkylation sites (tertiary alicyclic amines) is 1. The van der Waals surface area contributed by atoms with Crippen LogP contribution < -0.4 is 0 Å². The average molecular weight is 371 g/mol. The van der Waals surface area contributed by atoms with Crippen molar-refractivity contribution in [3.63, 3.8) is 0 Å². The van der Waals surface area contributed by atoms with E-state index in [-0.39, 0.29) is 29.7 Å². The van der Waals surface area contributed by atoms with Crippen molar-refractivity contribution in [1.29, 1.82) is 0 Å². The highest BCUT2D eigenvalue weighted by Gasteiger charge is 2.35. The first kappa shape index (κ1) is 18.3. The first-order valence-electron chi connectivity index (χ1n) is 8.24. The largest absolute Gasteiger partial charge is 0.397 e. The summed E-state index contributed by atoms with van der Waals surface area (Å²) < 4.78 is 56.1. The lowest BCUT2D eigenvalue weighted by Crippen LogP contribution is -2.42. The van der Waals surface area contributed by atoms with Gasteiger partial charge in [-0.15, -0.1) is 0 Å². The van der Waals surface area contributed by atoms with Crippen molar-refractivity contribution < 1.29 is 26.9 Å². The first-order chi connectivity index (χ1) is 12.3. The second-order valence-electron chi connectivity index (χ2n) is 6.34. The van der Waals surface area contributed by atoms with Crippen LogP contribution in [0.5, 0.6) is 0 Å². The lowest BCUT2D eigenvalue weighted by molar-refractivity contribution is -0.162. The fourth-order valence-corrected chi connectivity index (χ4v) is 3.08. The maximum Gasteiger partial charge on any atom is 0.397 e. The van der Waals surface area contributed by atoms with Gasteiger partial charge in [-0.1, -0.05) is 17.3 Å². The minimum Gasteiger partial charge on any atom is -0.342 e. The van der Waals surface area contributed by atoms with Crippen LogP contribution in [-0.4, -0.2) is 40.2 Å². The number of aromatic nitrogens is 2. The number of carbonyl (C=O) groups is 1. The number of rotatable bonds is 4. The predicted molar refractivity (Wildman–Crippen MR) is 83.4 cm³/mol. The van der Waals surface area contributed by atoms with E-state index in [1.165, 1.54) is 17.0 Å². The smallest absolute Gasteiger partial charge is 0.342 e. The lowest BCUT2D eigenvalue weighted by atomic mass is 9.94. The van der Waals surface area contributed by atoms with Crippen molar-refractivity contribution in [3.8, 4) is 11.4 Å². The van der Waals surface area contributed by atoms with E-state index in [4.69, 9.17) is 4.52 Å². The Labute approximate surface area is 147 Å². The van der Waals surface area contributed by atoms with Crippen LogP contribution in [0.4, 0.5) is 17.6 Å². The minimum absolute atomic E-state index is 0.0742. The first-order valence-corrected chi connectivity index (χ1v) is 8.24. The highest BCUT2D eigenvalue weighted by atomic mass is 19.4. The number of hydrogen-bond donors (Lipinski definition) is 0. The normalized spacial score (nSPS) is 18.2. The standard InChI is InChI=1S/C17H17F4N3O2/c18-13-6-2-1-5-12(13)16-22-14(26-23-16)8-11-4-3-7-24(10-11)15(25)9-17(19,20)21/h1-2,5-6,11H,3-4,7-10H2. The van der Waals surface area contributed by atoms with Gasteiger partial charge in [-0.05, 0) is 30.9 Å². The van der Waals surface area contributed by atoms with E-state index in [0.29, 0.717) is 19.4 Å². The van der Waals surface area contributed by atoms with Crippen LogP contribution in [0.3, 0.4) is 0 Å². The van der Waals surface area contributed by atoms with Crippen LogP contribution in [0.25, 0.3) is 11.4 Å². The molecule has 1 saturated heterocycles. The number of nitrogens with zero attached hydrogens (tertiary/aromatic N) is 3. The van der Waals surface area contributed by atoms with Crippen LogP contribution in [0, 0.1) is 11.7 Å². The van der Waals surface area contributed by atoms with E-state index in [1.54, 1.807) is 12.1 Å². The molecule has 140 valence electrons. The summed E-state index contributed by atoms with van der Waals surface area (Å²) in [6, 6.07) is 6.02. The number of halogens is 4. The number of alkyl halides is 3. The third-order valence-corrected chi connectivity index (χ3v) is 4.27. The molecule has 0 aliphatic carbocycles. The summed E-state index contributed by atoms with van der Waals surface area (Å²) >= 11 is 0. The summed E-state index contributed by atoms with van der Waals surface area (Å²) in [4.78, 5) is 17.1. The van der Waals surface area contributed by atoms with Crippen LogP contribution in [-0.2, 0) is 11.2 Å². The van der Waals surface area contributed by atoms with E-state index in [1.807, 2.05) is 0 Å². The molecule has 3 rings (SSSR count). The maximum absolute atomic E-state index is 13.8. The van der Waals surface area contributed by atoms with Crippen molar-refractivity contribution in [2.75, 3.05) is 13.1 Å². The molecular formula is C17H17F4N3O2. The van der Waals surface area contributed by atoms with Gasteiger partial charge >= 0.3 is 6.18 Å². The van der Waals surface area contributed by atoms with Gasteiger partial charge in [-0.25, -0.2) is 4.39 Å². The van der Waals surface area contributed by atoms with Crippen molar-refractivity contribution in [2.24, 2.45) is 5.92 Å². The van der Waals surface area contributed by atoms with Gasteiger partial charge in [0.1, 0.15) is 12.2 Å². The van der Waals surface area contributed by atoms with Gasteiger partial charge in [-0.3, -0.25) is 4.79 Å². The van der Waals surface area contributed by atoms with E-state index in [0.717, 1.165) is 6.42 Å². The number of benzene rings is 1. The molecule has 1 aromatic heterocycles. The molecule has 1 atom stereocenters. The number of piperidine rings is 1. The zero-order valence-corrected chi connectivity index (χ0v) is 13.8. The van der Waals surface area contributed by atoms with Crippen LogP contribution >= 0.6 is 0 Å². The third-order valence-electron chi connectivity index (χ3n) is 4.27. The summed E-state index contributed by atoms with van der Waals surface area (Å²) in [5.74, 6) is -1.06. The SMILES string of the molecule is O=C(CC(F)(F)F)N1CCCC(Cc2nc(-c3ccccc3F)no2)C1. The van der Waals surface area contributed by atoms with Crippen LogP contribution in [0.15, 0.2) is 28.8 Å². The monoisotopic (exact) mass is 371 g/mol. The molecule has 0 saturated carbocycles. The van der Waals surface area contributed by atoms with Gasteiger partial charge in [0.25, 0.3) is 0 Å². The van der Waals surface area contributed by atoms with Gasteiger partial charge in [0.15, 0.2) is 0 Å². The maximum atomic E-state index is 13.8. The fourth-order valence-electron chi connectivity index (χ4n) is 3.08. The van der Waals surface area contributed by atoms with Crippen LogP contribution in [0.1, 0.15) is 25.2 Å². The summed E-state index contributed by atoms with van der Waals surface area (Å²) in [5, 5.41) is 3.76. The number of carbonyl (C=O) groups excluding carboxylic acids is 1. The number of amides is 1. The fraction of sp³-hybridized carbons (Fsp3) is 0.471. The second-order valence-corrected chi connectivity index (χ2v) is 6.34. The molecule has 5 nitrogen and oxygen atoms in total. The van der Waals surface area contributed by atoms with E-state index < -0.39 is 24.3 Å². The van der Waals surface area contributed by atoms with E-state index in [9.17, 15) is 22.4 Å². The Morgan fingerprint density at radius 3 is 2.81 bits per heavy atom. The molecule has 1 unspecified atom stereocenters. The van der Waals surface area contributed by atoms with Crippen molar-refractivity contribution in [2.45, 2.75) is 31.9 Å². The molecule has 0 bridgehead atoms. The summed E-state index contributed by atoms with van der Waals surface area (Å²) in [6.07, 6.45) is -4.27. The molecule has 1 aromatic carbocycles. The summed E-state index contributed by atoms with van der Waals surface area (Å²) in [5.41, 5.74) is 0.216. The summed E-state index contributed by atoms with van der Waals surface area (Å²) in [7, 11) is 0. The molecule has 2 aromatic rings. The zero-order chi connectivity index (χ0) is 18.7. The van der Waals surface area contributed by atoms with Crippen molar-refractivity contribution >= 4 is 5.91 Å². The molecular weight excluding hydrogens is 354 g/mol. The average Bonchev–Trinajstić information content (AvgIpc) is 3.02. The Bertz CT molecular complexity index is 775. The highest BCUT2D eigenvalue weighted by Crippen LogP contribution is 2.26. The van der Waals surface area contributed by atoms with E-state index >= 15 is 0 Å². The van der Waals surface area contributed by atoms with Gasteiger partial charge < -0.3 is 9.42 Å². The lowest BCUT2D eigenvalue weighted by Gasteiger charge is -2.32. The van der Waals surface area contributed by atoms with Gasteiger partial charge in [0.05, 0.1) is 5.56 Å². The van der Waals surface area contributed by atoms with Crippen molar-refractivity contribution in [1.82, 2.24) is 15.0 Å². The molecule has 1 aliphatic rings. The molecule has 0 N–H and O–H groups in total. The molecule has 9 heteroatoms. The molecule has 1 aliphatic heterocycles. The van der Waals surface area contributed by atoms with Gasteiger partial charge in [-0.2, -0.15) is 18.2 Å². The Hall–Kier alpha value is -2.45. The molecule has 0 radical (unpaired) electrons. The quantitative estimate of drug-likeness (QED) is 0.771. The third kappa shape index (κ3) is 4.59. The van der Waals surface area contributed by atoms with E-state index in [2.05, 4.69) is 10.1 Å². The summed E-state index contributed by atoms with van der Waals surface area (Å²) in [6.45, 7) is 0.530. The van der Waals surface area contributed by atoms with Gasteiger partial charge in [0.2, 0.25) is 17.6 Å². The molecule has 1 fully saturated rings. The topological polar surface area (TPSA) is 59.2 Å². The second kappa shape index (κ2) is 7.43. The molecule has 1 amide bonds. The Morgan fingerprint density at radius 2 is 2.08 bits per heavy atom.